The van der Waals surface area contributed by atoms with Gasteiger partial charge in [0.05, 0.1) is 0 Å². The second-order valence-corrected chi connectivity index (χ2v) is 1.60. The van der Waals surface area contributed by atoms with Crippen LogP contribution >= 0.6 is 35.6 Å². The van der Waals surface area contributed by atoms with Crippen molar-refractivity contribution in [1.82, 2.24) is 4.98 Å². The third-order valence-electron chi connectivity index (χ3n) is 0.640. The quantitative estimate of drug-likeness (QED) is 0.587. The van der Waals surface area contributed by atoms with E-state index < -0.39 is 0 Å². The van der Waals surface area contributed by atoms with Crippen molar-refractivity contribution >= 4 is 35.6 Å². The highest BCUT2D eigenvalue weighted by Gasteiger charge is 1.75. The monoisotopic (exact) mass is 199 g/mol. The van der Waals surface area contributed by atoms with Gasteiger partial charge in [0, 0.05) is 23.8 Å². The molecule has 0 fully saturated rings. The summed E-state index contributed by atoms with van der Waals surface area (Å²) in [6.07, 6.45) is 4.78. The number of rotatable bonds is 0. The molecule has 0 atom stereocenters. The van der Waals surface area contributed by atoms with E-state index >= 15 is 0 Å². The average molecular weight is 200 g/mol. The van der Waals surface area contributed by atoms with Gasteiger partial charge >= 0.3 is 0 Å². The van der Waals surface area contributed by atoms with Gasteiger partial charge in [-0.15, -0.1) is 24.0 Å². The Morgan fingerprint density at radius 3 is 1.80 bits per heavy atom. The molecule has 0 bridgehead atoms. The third kappa shape index (κ3) is 6.14. The normalized spacial score (nSPS) is 6.70. The van der Waals surface area contributed by atoms with Crippen LogP contribution in [0.1, 0.15) is 0 Å². The van der Waals surface area contributed by atoms with E-state index in [1.807, 2.05) is 0 Å². The first kappa shape index (κ1) is 12.7. The Labute approximate surface area is 76.8 Å². The van der Waals surface area contributed by atoms with Crippen LogP contribution in [0.2, 0.25) is 5.02 Å². The van der Waals surface area contributed by atoms with E-state index in [-0.39, 0.29) is 12.4 Å². The number of aromatic nitrogens is 1. The van der Waals surface area contributed by atoms with E-state index in [4.69, 9.17) is 11.6 Å². The highest BCUT2D eigenvalue weighted by molar-refractivity contribution is 6.30. The molecule has 1 rings (SSSR count). The van der Waals surface area contributed by atoms with Crippen LogP contribution in [0.5, 0.6) is 0 Å². The zero-order chi connectivity index (χ0) is 7.11. The van der Waals surface area contributed by atoms with Gasteiger partial charge in [0.15, 0.2) is 0 Å². The summed E-state index contributed by atoms with van der Waals surface area (Å²) < 4.78 is 0. The van der Waals surface area contributed by atoms with Crippen LogP contribution < -0.4 is 0 Å². The van der Waals surface area contributed by atoms with Gasteiger partial charge in [-0.25, -0.2) is 0 Å². The second kappa shape index (κ2) is 9.02. The molecular formula is C6H8Cl3N. The highest BCUT2D eigenvalue weighted by atomic mass is 35.5. The minimum atomic E-state index is 0. The maximum Gasteiger partial charge on any atom is 0.0436 e. The van der Waals surface area contributed by atoms with Crippen molar-refractivity contribution in [1.29, 1.82) is 0 Å². The van der Waals surface area contributed by atoms with Crippen molar-refractivity contribution in [2.45, 2.75) is 0 Å². The molecule has 0 radical (unpaired) electrons. The molecule has 58 valence electrons. The summed E-state index contributed by atoms with van der Waals surface area (Å²) in [5, 5.41) is 0.731. The van der Waals surface area contributed by atoms with Crippen LogP contribution in [-0.4, -0.2) is 11.4 Å². The second-order valence-electron chi connectivity index (χ2n) is 1.17. The molecule has 1 aromatic heterocycles. The fourth-order valence-corrected chi connectivity index (χ4v) is 0.446. The average Bonchev–Trinajstić information content (AvgIpc) is 1.94. The summed E-state index contributed by atoms with van der Waals surface area (Å²) >= 11 is 10.1. The predicted molar refractivity (Wildman–Crippen MR) is 48.3 cm³/mol. The summed E-state index contributed by atoms with van der Waals surface area (Å²) in [7, 11) is 0. The first-order valence-electron chi connectivity index (χ1n) is 2.33. The summed E-state index contributed by atoms with van der Waals surface area (Å²) in [4.78, 5) is 3.76. The molecule has 0 aliphatic heterocycles. The molecular weight excluding hydrogens is 192 g/mol. The fraction of sp³-hybridized carbons (Fsp3) is 0.167. The largest absolute Gasteiger partial charge is 0.265 e. The molecule has 4 heteroatoms. The molecule has 0 unspecified atom stereocenters. The van der Waals surface area contributed by atoms with Gasteiger partial charge in [-0.2, -0.15) is 0 Å². The molecule has 0 N–H and O–H groups in total. The highest BCUT2D eigenvalue weighted by Crippen LogP contribution is 2.01. The van der Waals surface area contributed by atoms with E-state index in [0.717, 1.165) is 5.02 Å². The smallest absolute Gasteiger partial charge is 0.0436 e. The molecule has 10 heavy (non-hydrogen) atoms. The molecule has 0 spiro atoms. The Balaban J connectivity index is 0. The van der Waals surface area contributed by atoms with Gasteiger partial charge in [-0.1, -0.05) is 11.6 Å². The number of pyridine rings is 1. The SMILES string of the molecule is CCl.Cl.Clc1ccncc1. The lowest BCUT2D eigenvalue weighted by molar-refractivity contribution is 1.33. The van der Waals surface area contributed by atoms with E-state index in [1.54, 1.807) is 24.5 Å². The minimum Gasteiger partial charge on any atom is -0.265 e. The standard InChI is InChI=1S/C5H4ClN.CH3Cl.ClH/c6-5-1-3-7-4-2-5;1-2;/h1-4H;1H3;1H. The van der Waals surface area contributed by atoms with Crippen LogP contribution in [0.25, 0.3) is 0 Å². The van der Waals surface area contributed by atoms with E-state index in [2.05, 4.69) is 16.6 Å². The van der Waals surface area contributed by atoms with Crippen molar-refractivity contribution in [3.63, 3.8) is 0 Å². The Bertz CT molecular complexity index is 143. The van der Waals surface area contributed by atoms with Gasteiger partial charge in [0.25, 0.3) is 0 Å². The van der Waals surface area contributed by atoms with E-state index in [1.165, 1.54) is 6.38 Å². The molecule has 0 aliphatic carbocycles. The van der Waals surface area contributed by atoms with Gasteiger partial charge < -0.3 is 0 Å². The Hall–Kier alpha value is 0.0200. The molecule has 0 amide bonds. The van der Waals surface area contributed by atoms with Crippen molar-refractivity contribution in [2.24, 2.45) is 0 Å². The van der Waals surface area contributed by atoms with Crippen LogP contribution in [0, 0.1) is 0 Å². The lowest BCUT2D eigenvalue weighted by Gasteiger charge is -1.79. The van der Waals surface area contributed by atoms with Gasteiger partial charge in [0.2, 0.25) is 0 Å². The molecule has 0 saturated carbocycles. The van der Waals surface area contributed by atoms with Crippen molar-refractivity contribution < 1.29 is 0 Å². The van der Waals surface area contributed by atoms with Crippen LogP contribution in [0.4, 0.5) is 0 Å². The minimum absolute atomic E-state index is 0. The number of alkyl halides is 1. The predicted octanol–water partition coefficient (Wildman–Crippen LogP) is 3.01. The van der Waals surface area contributed by atoms with E-state index in [9.17, 15) is 0 Å². The molecule has 0 aliphatic rings. The Kier molecular flexibility index (Phi) is 11.4. The fourth-order valence-electron chi connectivity index (χ4n) is 0.334. The Morgan fingerprint density at radius 2 is 1.60 bits per heavy atom. The number of nitrogens with zero attached hydrogens (tertiary/aromatic N) is 1. The van der Waals surface area contributed by atoms with Crippen LogP contribution in [0.3, 0.4) is 0 Å². The van der Waals surface area contributed by atoms with Crippen molar-refractivity contribution in [3.05, 3.63) is 29.5 Å². The first-order chi connectivity index (χ1) is 4.39. The van der Waals surface area contributed by atoms with Gasteiger partial charge in [-0.05, 0) is 12.1 Å². The van der Waals surface area contributed by atoms with Crippen molar-refractivity contribution in [2.75, 3.05) is 6.38 Å². The molecule has 1 aromatic rings. The third-order valence-corrected chi connectivity index (χ3v) is 0.892. The van der Waals surface area contributed by atoms with E-state index in [0.29, 0.717) is 0 Å². The maximum atomic E-state index is 5.50. The molecule has 1 nitrogen and oxygen atoms in total. The summed E-state index contributed by atoms with van der Waals surface area (Å²) in [6.45, 7) is 0. The maximum absolute atomic E-state index is 5.50. The number of halogens is 3. The topological polar surface area (TPSA) is 12.9 Å². The zero-order valence-electron chi connectivity index (χ0n) is 5.42. The lowest BCUT2D eigenvalue weighted by Crippen LogP contribution is -1.63. The molecule has 0 saturated heterocycles. The first-order valence-corrected chi connectivity index (χ1v) is 3.46. The van der Waals surface area contributed by atoms with Crippen molar-refractivity contribution in [3.8, 4) is 0 Å². The summed E-state index contributed by atoms with van der Waals surface area (Å²) in [6, 6.07) is 3.48. The summed E-state index contributed by atoms with van der Waals surface area (Å²) in [5.41, 5.74) is 0. The number of hydrogen-bond acceptors (Lipinski definition) is 1. The van der Waals surface area contributed by atoms with Gasteiger partial charge in [-0.3, -0.25) is 4.98 Å². The summed E-state index contributed by atoms with van der Waals surface area (Å²) in [5.74, 6) is 0. The van der Waals surface area contributed by atoms with Gasteiger partial charge in [0.1, 0.15) is 0 Å². The molecule has 0 aromatic carbocycles. The van der Waals surface area contributed by atoms with Crippen LogP contribution in [0.15, 0.2) is 24.5 Å². The van der Waals surface area contributed by atoms with Crippen LogP contribution in [-0.2, 0) is 0 Å². The molecule has 1 heterocycles. The Morgan fingerprint density at radius 1 is 1.20 bits per heavy atom. The lowest BCUT2D eigenvalue weighted by atomic mass is 10.5. The number of hydrogen-bond donors (Lipinski definition) is 0. The zero-order valence-corrected chi connectivity index (χ0v) is 7.75.